The SMILES string of the molecule is CN1CCC(N(C)C(=O)N2CC(c3cc(Cl)ccc3F)=C[C@@]2(CO)c2ccccc2)CCC1CF. The summed E-state index contributed by atoms with van der Waals surface area (Å²) in [6.45, 7) is 0.0419. The molecule has 2 unspecified atom stereocenters. The smallest absolute Gasteiger partial charge is 0.321 e. The van der Waals surface area contributed by atoms with Gasteiger partial charge in [-0.1, -0.05) is 41.9 Å². The van der Waals surface area contributed by atoms with Crippen molar-refractivity contribution >= 4 is 23.2 Å². The van der Waals surface area contributed by atoms with Crippen LogP contribution in [-0.4, -0.2) is 78.4 Å². The van der Waals surface area contributed by atoms with Gasteiger partial charge >= 0.3 is 6.03 Å². The zero-order valence-corrected chi connectivity index (χ0v) is 20.9. The van der Waals surface area contributed by atoms with Gasteiger partial charge in [0.25, 0.3) is 0 Å². The fourth-order valence-corrected chi connectivity index (χ4v) is 5.44. The predicted molar refractivity (Wildman–Crippen MR) is 134 cm³/mol. The van der Waals surface area contributed by atoms with Crippen LogP contribution in [0, 0.1) is 5.82 Å². The number of halogens is 3. The molecule has 1 fully saturated rings. The molecule has 2 aliphatic rings. The maximum Gasteiger partial charge on any atom is 0.321 e. The normalized spacial score (nSPS) is 25.3. The second-order valence-corrected chi connectivity index (χ2v) is 9.97. The Morgan fingerprint density at radius 3 is 2.63 bits per heavy atom. The van der Waals surface area contributed by atoms with Gasteiger partial charge in [0.2, 0.25) is 0 Å². The third kappa shape index (κ3) is 4.95. The van der Waals surface area contributed by atoms with Gasteiger partial charge in [0.1, 0.15) is 18.0 Å². The number of nitrogens with zero attached hydrogens (tertiary/aromatic N) is 3. The zero-order chi connectivity index (χ0) is 25.2. The third-order valence-corrected chi connectivity index (χ3v) is 7.78. The van der Waals surface area contributed by atoms with E-state index in [0.29, 0.717) is 35.5 Å². The Balaban J connectivity index is 1.70. The van der Waals surface area contributed by atoms with Gasteiger partial charge in [0.05, 0.1) is 6.61 Å². The van der Waals surface area contributed by atoms with E-state index in [4.69, 9.17) is 11.6 Å². The van der Waals surface area contributed by atoms with Gasteiger partial charge < -0.3 is 19.8 Å². The number of alkyl halides is 1. The molecule has 1 saturated heterocycles. The Kier molecular flexibility index (Phi) is 7.79. The number of aliphatic hydroxyl groups is 1. The maximum atomic E-state index is 14.8. The number of benzene rings is 2. The zero-order valence-electron chi connectivity index (χ0n) is 20.1. The lowest BCUT2D eigenvalue weighted by Gasteiger charge is -2.41. The molecule has 0 aliphatic carbocycles. The quantitative estimate of drug-likeness (QED) is 0.628. The molecule has 5 nitrogen and oxygen atoms in total. The highest BCUT2D eigenvalue weighted by Crippen LogP contribution is 2.42. The highest BCUT2D eigenvalue weighted by molar-refractivity contribution is 6.30. The van der Waals surface area contributed by atoms with Crippen LogP contribution in [0.3, 0.4) is 0 Å². The molecule has 2 aromatic rings. The highest BCUT2D eigenvalue weighted by Gasteiger charge is 2.46. The predicted octanol–water partition coefficient (Wildman–Crippen LogP) is 4.94. The minimum atomic E-state index is -1.15. The first-order chi connectivity index (χ1) is 16.8. The van der Waals surface area contributed by atoms with Crippen LogP contribution >= 0.6 is 11.6 Å². The molecule has 4 rings (SSSR count). The maximum absolute atomic E-state index is 14.8. The molecule has 35 heavy (non-hydrogen) atoms. The molecular formula is C27H32ClF2N3O2. The van der Waals surface area contributed by atoms with Crippen molar-refractivity contribution in [3.8, 4) is 0 Å². The van der Waals surface area contributed by atoms with Crippen LogP contribution < -0.4 is 0 Å². The van der Waals surface area contributed by atoms with E-state index in [9.17, 15) is 18.7 Å². The Morgan fingerprint density at radius 1 is 1.20 bits per heavy atom. The topological polar surface area (TPSA) is 47.0 Å². The Morgan fingerprint density at radius 2 is 1.94 bits per heavy atom. The number of urea groups is 1. The standard InChI is InChI=1S/C27H32ClF2N3O2/c1-31-13-12-22(9-10-23(31)16-29)32(2)26(35)33-17-19(24-14-21(28)8-11-25(24)30)15-27(33,18-34)20-6-4-3-5-7-20/h3-8,11,14-15,22-23,34H,9-10,12-13,16-18H2,1-2H3/t22?,23?,27-/m1/s1. The minimum absolute atomic E-state index is 0.0689. The van der Waals surface area contributed by atoms with E-state index in [2.05, 4.69) is 0 Å². The number of hydrogen-bond donors (Lipinski definition) is 1. The average Bonchev–Trinajstić information content (AvgIpc) is 3.17. The summed E-state index contributed by atoms with van der Waals surface area (Å²) in [4.78, 5) is 19.3. The first-order valence-electron chi connectivity index (χ1n) is 11.9. The van der Waals surface area contributed by atoms with Crippen LogP contribution in [0.4, 0.5) is 13.6 Å². The van der Waals surface area contributed by atoms with E-state index in [1.165, 1.54) is 12.1 Å². The monoisotopic (exact) mass is 503 g/mol. The lowest BCUT2D eigenvalue weighted by Crippen LogP contribution is -2.54. The van der Waals surface area contributed by atoms with Crippen molar-refractivity contribution in [3.63, 3.8) is 0 Å². The number of likely N-dealkylation sites (tertiary alicyclic amines) is 1. The van der Waals surface area contributed by atoms with E-state index < -0.39 is 18.0 Å². The van der Waals surface area contributed by atoms with Crippen molar-refractivity contribution in [3.05, 3.63) is 76.6 Å². The Bertz CT molecular complexity index is 1080. The molecule has 3 atom stereocenters. The van der Waals surface area contributed by atoms with Crippen molar-refractivity contribution in [2.24, 2.45) is 0 Å². The summed E-state index contributed by atoms with van der Waals surface area (Å²) in [6, 6.07) is 13.1. The van der Waals surface area contributed by atoms with Gasteiger partial charge in [-0.2, -0.15) is 0 Å². The van der Waals surface area contributed by atoms with Crippen molar-refractivity contribution < 1.29 is 18.7 Å². The summed E-state index contributed by atoms with van der Waals surface area (Å²) < 4.78 is 28.2. The van der Waals surface area contributed by atoms with E-state index in [1.54, 1.807) is 29.0 Å². The molecule has 0 saturated carbocycles. The molecular weight excluding hydrogens is 472 g/mol. The summed E-state index contributed by atoms with van der Waals surface area (Å²) in [5, 5.41) is 11.1. The Hall–Kier alpha value is -2.48. The van der Waals surface area contributed by atoms with E-state index in [1.807, 2.05) is 42.3 Å². The van der Waals surface area contributed by atoms with Crippen molar-refractivity contribution in [2.45, 2.75) is 36.9 Å². The van der Waals surface area contributed by atoms with E-state index >= 15 is 0 Å². The molecule has 2 aromatic carbocycles. The molecule has 2 heterocycles. The van der Waals surface area contributed by atoms with Gasteiger partial charge in [-0.15, -0.1) is 0 Å². The molecule has 0 bridgehead atoms. The molecule has 188 valence electrons. The lowest BCUT2D eigenvalue weighted by molar-refractivity contribution is 0.0777. The van der Waals surface area contributed by atoms with Crippen LogP contribution in [0.5, 0.6) is 0 Å². The summed E-state index contributed by atoms with van der Waals surface area (Å²) in [6.07, 6.45) is 3.86. The molecule has 2 aliphatic heterocycles. The van der Waals surface area contributed by atoms with Gasteiger partial charge in [-0.3, -0.25) is 0 Å². The number of rotatable bonds is 5. The van der Waals surface area contributed by atoms with Gasteiger partial charge in [-0.25, -0.2) is 13.6 Å². The number of hydrogen-bond acceptors (Lipinski definition) is 3. The van der Waals surface area contributed by atoms with Gasteiger partial charge in [-0.05, 0) is 61.7 Å². The molecule has 0 spiro atoms. The van der Waals surface area contributed by atoms with Crippen LogP contribution in [0.25, 0.3) is 5.57 Å². The summed E-state index contributed by atoms with van der Waals surface area (Å²) in [5.74, 6) is -0.438. The molecule has 0 radical (unpaired) electrons. The minimum Gasteiger partial charge on any atom is -0.393 e. The Labute approximate surface area is 210 Å². The van der Waals surface area contributed by atoms with Gasteiger partial charge in [0.15, 0.2) is 0 Å². The molecule has 1 N–H and O–H groups in total. The van der Waals surface area contributed by atoms with Crippen molar-refractivity contribution in [1.82, 2.24) is 14.7 Å². The second kappa shape index (κ2) is 10.6. The molecule has 8 heteroatoms. The summed E-state index contributed by atoms with van der Waals surface area (Å²) in [7, 11) is 3.67. The summed E-state index contributed by atoms with van der Waals surface area (Å²) >= 11 is 6.16. The van der Waals surface area contributed by atoms with E-state index in [0.717, 1.165) is 12.0 Å². The number of amides is 2. The van der Waals surface area contributed by atoms with Crippen LogP contribution in [0.2, 0.25) is 5.02 Å². The van der Waals surface area contributed by atoms with E-state index in [-0.39, 0.29) is 31.3 Å². The van der Waals surface area contributed by atoms with Crippen molar-refractivity contribution in [1.29, 1.82) is 0 Å². The second-order valence-electron chi connectivity index (χ2n) is 9.53. The molecule has 0 aromatic heterocycles. The lowest BCUT2D eigenvalue weighted by atomic mass is 9.89. The fraction of sp³-hybridized carbons (Fsp3) is 0.444. The number of carbonyl (C=O) groups is 1. The van der Waals surface area contributed by atoms with Gasteiger partial charge in [0, 0.05) is 42.8 Å². The largest absolute Gasteiger partial charge is 0.393 e. The fourth-order valence-electron chi connectivity index (χ4n) is 5.27. The first kappa shape index (κ1) is 25.6. The highest BCUT2D eigenvalue weighted by atomic mass is 35.5. The molecule has 2 amide bonds. The number of aliphatic hydroxyl groups excluding tert-OH is 1. The number of carbonyl (C=O) groups excluding carboxylic acids is 1. The van der Waals surface area contributed by atoms with Crippen molar-refractivity contribution in [2.75, 3.05) is 40.5 Å². The van der Waals surface area contributed by atoms with Crippen LogP contribution in [-0.2, 0) is 5.54 Å². The first-order valence-corrected chi connectivity index (χ1v) is 12.3. The van der Waals surface area contributed by atoms with Crippen LogP contribution in [0.1, 0.15) is 30.4 Å². The average molecular weight is 504 g/mol. The third-order valence-electron chi connectivity index (χ3n) is 7.54. The van der Waals surface area contributed by atoms with Crippen LogP contribution in [0.15, 0.2) is 54.6 Å². The summed E-state index contributed by atoms with van der Waals surface area (Å²) in [5.41, 5.74) is 0.480.